The van der Waals surface area contributed by atoms with E-state index < -0.39 is 16.1 Å². The van der Waals surface area contributed by atoms with Crippen molar-refractivity contribution < 1.29 is 22.8 Å². The van der Waals surface area contributed by atoms with Crippen molar-refractivity contribution in [2.75, 3.05) is 6.61 Å². The molecule has 0 atom stereocenters. The molecule has 1 heterocycles. The molecule has 18 heavy (non-hydrogen) atoms. The summed E-state index contributed by atoms with van der Waals surface area (Å²) in [6.45, 7) is 2.74. The van der Waals surface area contributed by atoms with E-state index in [2.05, 4.69) is 9.32 Å². The minimum Gasteiger partial charge on any atom is -0.366 e. The van der Waals surface area contributed by atoms with E-state index in [0.29, 0.717) is 6.42 Å². The van der Waals surface area contributed by atoms with Crippen LogP contribution in [0.25, 0.3) is 0 Å². The standard InChI is InChI=1S/C7H11NO3S2.C3H8O2/c8-13(9,10)11-4-1-2-7-3-5-12-6-7;1-3(2,4)5/h3,5-6H,1-2,4H2,(H2,8,9,10);4-5H,1-2H3. The van der Waals surface area contributed by atoms with Crippen molar-refractivity contribution in [2.24, 2.45) is 5.14 Å². The first-order chi connectivity index (χ1) is 8.08. The fourth-order valence-corrected chi connectivity index (χ4v) is 1.94. The van der Waals surface area contributed by atoms with Crippen LogP contribution in [0.2, 0.25) is 0 Å². The van der Waals surface area contributed by atoms with Gasteiger partial charge in [0.2, 0.25) is 0 Å². The molecule has 0 saturated heterocycles. The van der Waals surface area contributed by atoms with Crippen molar-refractivity contribution in [2.45, 2.75) is 32.5 Å². The Morgan fingerprint density at radius 3 is 2.39 bits per heavy atom. The first-order valence-corrected chi connectivity index (χ1v) is 7.62. The lowest BCUT2D eigenvalue weighted by molar-refractivity contribution is -0.127. The quantitative estimate of drug-likeness (QED) is 0.545. The molecule has 0 saturated carbocycles. The lowest BCUT2D eigenvalue weighted by atomic mass is 10.2. The Kier molecular flexibility index (Phi) is 7.60. The van der Waals surface area contributed by atoms with Crippen LogP contribution in [0.15, 0.2) is 16.8 Å². The number of rotatable bonds is 5. The van der Waals surface area contributed by atoms with Gasteiger partial charge in [-0.1, -0.05) is 0 Å². The molecular formula is C10H19NO5S2. The van der Waals surface area contributed by atoms with Crippen LogP contribution in [0.4, 0.5) is 0 Å². The summed E-state index contributed by atoms with van der Waals surface area (Å²) in [5.41, 5.74) is 1.20. The molecule has 106 valence electrons. The molecule has 0 aliphatic rings. The van der Waals surface area contributed by atoms with Crippen molar-refractivity contribution in [3.05, 3.63) is 22.4 Å². The minimum absolute atomic E-state index is 0.147. The highest BCUT2D eigenvalue weighted by Gasteiger charge is 2.01. The first-order valence-electron chi connectivity index (χ1n) is 5.21. The van der Waals surface area contributed by atoms with E-state index >= 15 is 0 Å². The van der Waals surface area contributed by atoms with E-state index in [1.54, 1.807) is 11.3 Å². The van der Waals surface area contributed by atoms with Crippen LogP contribution >= 0.6 is 11.3 Å². The zero-order valence-corrected chi connectivity index (χ0v) is 12.0. The Labute approximate surface area is 111 Å². The van der Waals surface area contributed by atoms with Crippen LogP contribution in [0.5, 0.6) is 0 Å². The second-order valence-electron chi connectivity index (χ2n) is 4.04. The Hall–Kier alpha value is -0.510. The maximum absolute atomic E-state index is 10.4. The first kappa shape index (κ1) is 17.5. The van der Waals surface area contributed by atoms with Gasteiger partial charge in [0.1, 0.15) is 0 Å². The van der Waals surface area contributed by atoms with Gasteiger partial charge in [0, 0.05) is 0 Å². The number of hydrogen-bond donors (Lipinski definition) is 3. The highest BCUT2D eigenvalue weighted by Crippen LogP contribution is 2.08. The Morgan fingerprint density at radius 2 is 2.00 bits per heavy atom. The summed E-state index contributed by atoms with van der Waals surface area (Å²) in [6, 6.07) is 2.00. The highest BCUT2D eigenvalue weighted by molar-refractivity contribution is 7.84. The molecule has 1 aromatic heterocycles. The number of hydrogen-bond acceptors (Lipinski definition) is 6. The summed E-state index contributed by atoms with van der Waals surface area (Å²) >= 11 is 1.62. The molecule has 4 N–H and O–H groups in total. The fraction of sp³-hybridized carbons (Fsp3) is 0.600. The number of nitrogens with two attached hydrogens (primary N) is 1. The topological polar surface area (TPSA) is 110 Å². The smallest absolute Gasteiger partial charge is 0.333 e. The van der Waals surface area contributed by atoms with Gasteiger partial charge in [-0.3, -0.25) is 4.18 Å². The molecule has 6 nitrogen and oxygen atoms in total. The third-order valence-electron chi connectivity index (χ3n) is 1.44. The third kappa shape index (κ3) is 15.5. The maximum Gasteiger partial charge on any atom is 0.333 e. The van der Waals surface area contributed by atoms with Crippen molar-refractivity contribution in [3.63, 3.8) is 0 Å². The SMILES string of the molecule is CC(C)(O)O.NS(=O)(=O)OCCCc1ccsc1. The molecule has 0 unspecified atom stereocenters. The Morgan fingerprint density at radius 1 is 1.44 bits per heavy atom. The van der Waals surface area contributed by atoms with Crippen LogP contribution in [0, 0.1) is 0 Å². The summed E-state index contributed by atoms with van der Waals surface area (Å²) in [5.74, 6) is -1.50. The van der Waals surface area contributed by atoms with Crippen LogP contribution in [-0.2, 0) is 20.9 Å². The molecule has 0 amide bonds. The van der Waals surface area contributed by atoms with Crippen LogP contribution < -0.4 is 5.14 Å². The molecule has 0 aromatic carbocycles. The highest BCUT2D eigenvalue weighted by atomic mass is 32.2. The molecule has 1 aromatic rings. The normalized spacial score (nSPS) is 11.8. The monoisotopic (exact) mass is 297 g/mol. The Balaban J connectivity index is 0.000000494. The van der Waals surface area contributed by atoms with Crippen LogP contribution in [-0.4, -0.2) is 31.0 Å². The van der Waals surface area contributed by atoms with Crippen LogP contribution in [0.1, 0.15) is 25.8 Å². The number of aryl methyl sites for hydroxylation is 1. The molecule has 0 spiro atoms. The van der Waals surface area contributed by atoms with Gasteiger partial charge in [-0.2, -0.15) is 19.8 Å². The van der Waals surface area contributed by atoms with Crippen molar-refractivity contribution >= 4 is 21.6 Å². The molecule has 1 rings (SSSR count). The Bertz CT molecular complexity index is 402. The van der Waals surface area contributed by atoms with E-state index in [9.17, 15) is 8.42 Å². The summed E-state index contributed by atoms with van der Waals surface area (Å²) in [4.78, 5) is 0. The molecule has 8 heteroatoms. The van der Waals surface area contributed by atoms with Gasteiger partial charge in [0.15, 0.2) is 5.79 Å². The van der Waals surface area contributed by atoms with E-state index in [1.807, 2.05) is 16.8 Å². The molecule has 0 aliphatic carbocycles. The summed E-state index contributed by atoms with van der Waals surface area (Å²) in [7, 11) is -3.76. The van der Waals surface area contributed by atoms with Crippen molar-refractivity contribution in [1.29, 1.82) is 0 Å². The molecule has 0 fully saturated rings. The van der Waals surface area contributed by atoms with Gasteiger partial charge in [-0.05, 0) is 49.1 Å². The fourth-order valence-electron chi connectivity index (χ4n) is 0.886. The van der Waals surface area contributed by atoms with Gasteiger partial charge < -0.3 is 10.2 Å². The van der Waals surface area contributed by atoms with Crippen molar-refractivity contribution in [1.82, 2.24) is 0 Å². The maximum atomic E-state index is 10.4. The summed E-state index contributed by atoms with van der Waals surface area (Å²) in [6.07, 6.45) is 1.48. The minimum atomic E-state index is -3.76. The number of aliphatic hydroxyl groups is 2. The van der Waals surface area contributed by atoms with Crippen LogP contribution in [0.3, 0.4) is 0 Å². The summed E-state index contributed by atoms with van der Waals surface area (Å²) < 4.78 is 25.1. The predicted molar refractivity (Wildman–Crippen MR) is 70.2 cm³/mol. The second kappa shape index (κ2) is 7.82. The van der Waals surface area contributed by atoms with Gasteiger partial charge in [-0.25, -0.2) is 5.14 Å². The zero-order valence-electron chi connectivity index (χ0n) is 10.4. The van der Waals surface area contributed by atoms with Gasteiger partial charge in [0.25, 0.3) is 0 Å². The lowest BCUT2D eigenvalue weighted by Crippen LogP contribution is -2.16. The molecule has 0 radical (unpaired) electrons. The summed E-state index contributed by atoms with van der Waals surface area (Å²) in [5, 5.41) is 24.8. The number of thiophene rings is 1. The molecule has 0 aliphatic heterocycles. The van der Waals surface area contributed by atoms with E-state index in [4.69, 9.17) is 10.2 Å². The zero-order chi connectivity index (χ0) is 14.2. The van der Waals surface area contributed by atoms with Gasteiger partial charge in [0.05, 0.1) is 6.61 Å². The predicted octanol–water partition coefficient (Wildman–Crippen LogP) is 0.608. The molecular weight excluding hydrogens is 278 g/mol. The van der Waals surface area contributed by atoms with E-state index in [-0.39, 0.29) is 6.61 Å². The van der Waals surface area contributed by atoms with Crippen molar-refractivity contribution in [3.8, 4) is 0 Å². The van der Waals surface area contributed by atoms with Gasteiger partial charge >= 0.3 is 10.3 Å². The van der Waals surface area contributed by atoms with E-state index in [0.717, 1.165) is 6.42 Å². The van der Waals surface area contributed by atoms with Gasteiger partial charge in [-0.15, -0.1) is 0 Å². The lowest BCUT2D eigenvalue weighted by Gasteiger charge is -2.03. The average molecular weight is 297 g/mol. The average Bonchev–Trinajstić information content (AvgIpc) is 2.60. The third-order valence-corrected chi connectivity index (χ3v) is 2.66. The van der Waals surface area contributed by atoms with E-state index in [1.165, 1.54) is 19.4 Å². The molecule has 0 bridgehead atoms. The second-order valence-corrected chi connectivity index (χ2v) is 6.05. The largest absolute Gasteiger partial charge is 0.366 e.